The van der Waals surface area contributed by atoms with Crippen molar-refractivity contribution in [2.45, 2.75) is 53.4 Å². The van der Waals surface area contributed by atoms with Crippen LogP contribution in [-0.2, 0) is 0 Å². The highest BCUT2D eigenvalue weighted by Gasteiger charge is 2.27. The number of rotatable bonds is 4. The minimum Gasteiger partial charge on any atom is -0.454 e. The molecule has 9 rings (SSSR count). The van der Waals surface area contributed by atoms with Crippen LogP contribution in [0, 0.1) is 46.3 Å². The lowest BCUT2D eigenvalue weighted by Crippen LogP contribution is -2.35. The molecule has 0 amide bonds. The zero-order valence-corrected chi connectivity index (χ0v) is 29.3. The Kier molecular flexibility index (Phi) is 7.22. The molecule has 0 spiro atoms. The quantitative estimate of drug-likeness (QED) is 0.187. The highest BCUT2D eigenvalue weighted by Crippen LogP contribution is 2.45. The number of anilines is 2. The Balaban J connectivity index is 1.15. The summed E-state index contributed by atoms with van der Waals surface area (Å²) in [5, 5.41) is 28.6. The maximum atomic E-state index is 10.7. The van der Waals surface area contributed by atoms with Gasteiger partial charge in [0.05, 0.1) is 5.56 Å². The van der Waals surface area contributed by atoms with Crippen molar-refractivity contribution in [1.82, 2.24) is 0 Å². The SMILES string of the molecule is CC(C)C1CCN(c2ccc3cc4c(cc3c2)oc2c(C#N)c3oc5cc6cc(N7CCC(C(C)C)CC7)ccc6cc5c3c(C#N)c24)CC1. The Morgan fingerprint density at radius 3 is 1.36 bits per heavy atom. The van der Waals surface area contributed by atoms with Gasteiger partial charge in [-0.1, -0.05) is 39.8 Å². The molecule has 0 saturated carbocycles. The number of nitrogens with zero attached hydrogens (tertiary/aromatic N) is 4. The Morgan fingerprint density at radius 1 is 0.560 bits per heavy atom. The summed E-state index contributed by atoms with van der Waals surface area (Å²) in [6.45, 7) is 13.6. The maximum Gasteiger partial charge on any atom is 0.158 e. The van der Waals surface area contributed by atoms with Gasteiger partial charge >= 0.3 is 0 Å². The zero-order valence-electron chi connectivity index (χ0n) is 29.3. The summed E-state index contributed by atoms with van der Waals surface area (Å²) in [7, 11) is 0. The fraction of sp³-hybridized carbons (Fsp3) is 0.364. The Bertz CT molecular complexity index is 2400. The number of hydrogen-bond acceptors (Lipinski definition) is 6. The van der Waals surface area contributed by atoms with Crippen LogP contribution in [0.4, 0.5) is 11.4 Å². The summed E-state index contributed by atoms with van der Waals surface area (Å²) in [5.41, 5.74) is 5.43. The van der Waals surface area contributed by atoms with Crippen LogP contribution < -0.4 is 9.80 Å². The van der Waals surface area contributed by atoms with Crippen LogP contribution in [-0.4, -0.2) is 26.2 Å². The average molecular weight is 659 g/mol. The largest absolute Gasteiger partial charge is 0.454 e. The molecule has 0 aliphatic carbocycles. The van der Waals surface area contributed by atoms with Crippen LogP contribution in [0.2, 0.25) is 0 Å². The molecular weight excluding hydrogens is 617 g/mol. The Hall–Kier alpha value is -5.20. The molecule has 5 aromatic carbocycles. The average Bonchev–Trinajstić information content (AvgIpc) is 3.69. The van der Waals surface area contributed by atoms with E-state index in [1.54, 1.807) is 0 Å². The first-order chi connectivity index (χ1) is 24.3. The molecule has 2 aliphatic rings. The number of hydrogen-bond donors (Lipinski definition) is 0. The lowest BCUT2D eigenvalue weighted by molar-refractivity contribution is 0.311. The van der Waals surface area contributed by atoms with Crippen LogP contribution in [0.1, 0.15) is 64.5 Å². The molecule has 0 atom stereocenters. The lowest BCUT2D eigenvalue weighted by atomic mass is 9.86. The molecule has 0 unspecified atom stereocenters. The van der Waals surface area contributed by atoms with E-state index in [0.717, 1.165) is 82.2 Å². The van der Waals surface area contributed by atoms with Gasteiger partial charge in [-0.3, -0.25) is 0 Å². The van der Waals surface area contributed by atoms with E-state index in [4.69, 9.17) is 8.83 Å². The number of fused-ring (bicyclic) bond motifs is 8. The molecule has 0 bridgehead atoms. The third-order valence-electron chi connectivity index (χ3n) is 12.1. The van der Waals surface area contributed by atoms with Gasteiger partial charge in [-0.05, 0) is 119 Å². The standard InChI is InChI=1S/C44H42N4O2/c1-25(2)27-9-13-47(14-10-27)33-7-5-29-19-35-39(21-31(29)17-33)49-43-38(24-46)44-42(37(23-45)41(35)43)36-20-30-6-8-34(18-32(30)22-40(36)50-44)48-15-11-28(12-16-48)26(3)4/h5-8,17-22,25-28H,9-16H2,1-4H3. The van der Waals surface area contributed by atoms with Gasteiger partial charge in [0.2, 0.25) is 0 Å². The first-order valence-corrected chi connectivity index (χ1v) is 18.4. The van der Waals surface area contributed by atoms with E-state index in [0.29, 0.717) is 44.2 Å². The van der Waals surface area contributed by atoms with E-state index < -0.39 is 0 Å². The van der Waals surface area contributed by atoms with Crippen molar-refractivity contribution in [2.24, 2.45) is 23.7 Å². The molecule has 250 valence electrons. The zero-order chi connectivity index (χ0) is 34.3. The maximum absolute atomic E-state index is 10.7. The normalized spacial score (nSPS) is 16.6. The fourth-order valence-electron chi connectivity index (χ4n) is 8.99. The van der Waals surface area contributed by atoms with Crippen molar-refractivity contribution in [3.63, 3.8) is 0 Å². The molecule has 2 aliphatic heterocycles. The van der Waals surface area contributed by atoms with E-state index in [1.807, 2.05) is 0 Å². The Morgan fingerprint density at radius 2 is 0.980 bits per heavy atom. The van der Waals surface area contributed by atoms with Crippen molar-refractivity contribution in [1.29, 1.82) is 10.5 Å². The van der Waals surface area contributed by atoms with Crippen LogP contribution in [0.3, 0.4) is 0 Å². The second-order valence-corrected chi connectivity index (χ2v) is 15.5. The monoisotopic (exact) mass is 658 g/mol. The van der Waals surface area contributed by atoms with Crippen molar-refractivity contribution < 1.29 is 8.83 Å². The molecule has 4 heterocycles. The topological polar surface area (TPSA) is 80.3 Å². The van der Waals surface area contributed by atoms with E-state index in [2.05, 4.69) is 110 Å². The summed E-state index contributed by atoms with van der Waals surface area (Å²) in [5.74, 6) is 3.03. The lowest BCUT2D eigenvalue weighted by Gasteiger charge is -2.35. The van der Waals surface area contributed by atoms with Crippen molar-refractivity contribution >= 4 is 76.8 Å². The summed E-state index contributed by atoms with van der Waals surface area (Å²) in [6, 6.07) is 26.5. The Labute approximate surface area is 292 Å². The molecule has 7 aromatic rings. The summed E-state index contributed by atoms with van der Waals surface area (Å²) in [6.07, 6.45) is 4.87. The predicted molar refractivity (Wildman–Crippen MR) is 205 cm³/mol. The second-order valence-electron chi connectivity index (χ2n) is 15.5. The van der Waals surface area contributed by atoms with Gasteiger partial charge in [0, 0.05) is 59.1 Å². The molecule has 50 heavy (non-hydrogen) atoms. The van der Waals surface area contributed by atoms with Crippen molar-refractivity contribution in [3.05, 3.63) is 71.8 Å². The first kappa shape index (κ1) is 30.8. The van der Waals surface area contributed by atoms with Crippen molar-refractivity contribution in [2.75, 3.05) is 36.0 Å². The molecule has 2 fully saturated rings. The highest BCUT2D eigenvalue weighted by atomic mass is 16.3. The van der Waals surface area contributed by atoms with Crippen LogP contribution >= 0.6 is 0 Å². The number of piperidine rings is 2. The molecule has 0 radical (unpaired) electrons. The first-order valence-electron chi connectivity index (χ1n) is 18.4. The van der Waals surface area contributed by atoms with Crippen LogP contribution in [0.15, 0.2) is 69.5 Å². The molecule has 2 saturated heterocycles. The van der Waals surface area contributed by atoms with Gasteiger partial charge in [-0.15, -0.1) is 0 Å². The van der Waals surface area contributed by atoms with Gasteiger partial charge in [0.15, 0.2) is 11.2 Å². The van der Waals surface area contributed by atoms with Gasteiger partial charge in [-0.25, -0.2) is 0 Å². The number of nitriles is 2. The number of benzene rings is 5. The molecule has 2 aromatic heterocycles. The van der Waals surface area contributed by atoms with E-state index in [1.165, 1.54) is 37.1 Å². The molecule has 6 heteroatoms. The van der Waals surface area contributed by atoms with E-state index in [-0.39, 0.29) is 0 Å². The van der Waals surface area contributed by atoms with Gasteiger partial charge in [-0.2, -0.15) is 10.5 Å². The molecular formula is C44H42N4O2. The number of furan rings is 2. The third-order valence-corrected chi connectivity index (χ3v) is 12.1. The van der Waals surface area contributed by atoms with Gasteiger partial charge in [0.1, 0.15) is 28.9 Å². The van der Waals surface area contributed by atoms with Crippen LogP contribution in [0.5, 0.6) is 0 Å². The summed E-state index contributed by atoms with van der Waals surface area (Å²) >= 11 is 0. The van der Waals surface area contributed by atoms with Crippen molar-refractivity contribution in [3.8, 4) is 12.1 Å². The third kappa shape index (κ3) is 4.80. The fourth-order valence-corrected chi connectivity index (χ4v) is 8.99. The molecule has 6 nitrogen and oxygen atoms in total. The minimum absolute atomic E-state index is 0.330. The van der Waals surface area contributed by atoms with Gasteiger partial charge < -0.3 is 18.6 Å². The van der Waals surface area contributed by atoms with Gasteiger partial charge in [0.25, 0.3) is 0 Å². The van der Waals surface area contributed by atoms with Crippen LogP contribution in [0.25, 0.3) is 65.4 Å². The smallest absolute Gasteiger partial charge is 0.158 e. The van der Waals surface area contributed by atoms with E-state index in [9.17, 15) is 10.5 Å². The highest BCUT2D eigenvalue weighted by molar-refractivity contribution is 6.24. The predicted octanol–water partition coefficient (Wildman–Crippen LogP) is 11.3. The second kappa shape index (κ2) is 11.7. The summed E-state index contributed by atoms with van der Waals surface area (Å²) in [4.78, 5) is 4.98. The van der Waals surface area contributed by atoms with E-state index >= 15 is 0 Å². The molecule has 0 N–H and O–H groups in total. The minimum atomic E-state index is 0.330. The summed E-state index contributed by atoms with van der Waals surface area (Å²) < 4.78 is 13.0.